The molecule has 2 aliphatic rings. The minimum atomic E-state index is 0.794. The molecule has 1 saturated heterocycles. The van der Waals surface area contributed by atoms with Gasteiger partial charge in [0.25, 0.3) is 6.01 Å². The largest absolute Gasteiger partial charge is 0.432 e. The molecule has 0 aromatic carbocycles. The molecular formula is C15H26N4O. The first kappa shape index (κ1) is 13.9. The standard InChI is InChI=1S/C15H26N4O/c1-2-16-11-13-12-20-15(17-13)19-9-7-18(8-10-19)14-5-3-4-6-14/h12,14,16H,2-11H2,1H3. The lowest BCUT2D eigenvalue weighted by molar-refractivity contribution is 0.185. The van der Waals surface area contributed by atoms with Crippen LogP contribution < -0.4 is 10.2 Å². The molecule has 20 heavy (non-hydrogen) atoms. The Hall–Kier alpha value is -1.07. The van der Waals surface area contributed by atoms with E-state index >= 15 is 0 Å². The van der Waals surface area contributed by atoms with E-state index in [-0.39, 0.29) is 0 Å². The van der Waals surface area contributed by atoms with Crippen LogP contribution in [0.15, 0.2) is 10.7 Å². The molecule has 0 radical (unpaired) electrons. The molecule has 0 amide bonds. The van der Waals surface area contributed by atoms with Crippen LogP contribution in [0.5, 0.6) is 0 Å². The molecule has 5 nitrogen and oxygen atoms in total. The van der Waals surface area contributed by atoms with Gasteiger partial charge in [-0.3, -0.25) is 4.90 Å². The second-order valence-corrected chi connectivity index (χ2v) is 5.86. The number of aromatic nitrogens is 1. The Bertz CT molecular complexity index is 406. The summed E-state index contributed by atoms with van der Waals surface area (Å²) in [5.74, 6) is 0. The maximum absolute atomic E-state index is 5.62. The van der Waals surface area contributed by atoms with Gasteiger partial charge in [0.05, 0.1) is 5.69 Å². The van der Waals surface area contributed by atoms with Gasteiger partial charge >= 0.3 is 0 Å². The first-order valence-corrected chi connectivity index (χ1v) is 8.01. The zero-order valence-electron chi connectivity index (χ0n) is 12.5. The van der Waals surface area contributed by atoms with Crippen molar-refractivity contribution in [3.8, 4) is 0 Å². The topological polar surface area (TPSA) is 44.5 Å². The van der Waals surface area contributed by atoms with Crippen molar-refractivity contribution in [3.63, 3.8) is 0 Å². The molecule has 0 atom stereocenters. The molecule has 3 rings (SSSR count). The van der Waals surface area contributed by atoms with E-state index in [1.54, 1.807) is 6.26 Å². The summed E-state index contributed by atoms with van der Waals surface area (Å²) in [6, 6.07) is 1.63. The Labute approximate surface area is 121 Å². The molecule has 1 aliphatic heterocycles. The highest BCUT2D eigenvalue weighted by atomic mass is 16.4. The van der Waals surface area contributed by atoms with Crippen molar-refractivity contribution in [1.29, 1.82) is 0 Å². The number of piperazine rings is 1. The Kier molecular flexibility index (Phi) is 4.58. The molecule has 1 aromatic heterocycles. The fraction of sp³-hybridized carbons (Fsp3) is 0.800. The SMILES string of the molecule is CCNCc1coc(N2CCN(C3CCCC3)CC2)n1. The number of hydrogen-bond donors (Lipinski definition) is 1. The van der Waals surface area contributed by atoms with E-state index in [1.165, 1.54) is 25.7 Å². The van der Waals surface area contributed by atoms with Crippen LogP contribution in [-0.2, 0) is 6.54 Å². The van der Waals surface area contributed by atoms with E-state index in [1.807, 2.05) is 0 Å². The maximum Gasteiger partial charge on any atom is 0.297 e. The fourth-order valence-electron chi connectivity index (χ4n) is 3.32. The predicted octanol–water partition coefficient (Wildman–Crippen LogP) is 1.85. The number of rotatable bonds is 5. The quantitative estimate of drug-likeness (QED) is 0.890. The summed E-state index contributed by atoms with van der Waals surface area (Å²) < 4.78 is 5.62. The van der Waals surface area contributed by atoms with Gasteiger partial charge in [0.1, 0.15) is 6.26 Å². The van der Waals surface area contributed by atoms with Crippen LogP contribution in [0.3, 0.4) is 0 Å². The summed E-state index contributed by atoms with van der Waals surface area (Å²) in [4.78, 5) is 9.51. The van der Waals surface area contributed by atoms with Gasteiger partial charge in [-0.15, -0.1) is 0 Å². The first-order valence-electron chi connectivity index (χ1n) is 8.01. The molecular weight excluding hydrogens is 252 g/mol. The number of oxazole rings is 1. The van der Waals surface area contributed by atoms with Crippen LogP contribution in [0.1, 0.15) is 38.3 Å². The monoisotopic (exact) mass is 278 g/mol. The van der Waals surface area contributed by atoms with Crippen molar-refractivity contribution >= 4 is 6.01 Å². The smallest absolute Gasteiger partial charge is 0.297 e. The van der Waals surface area contributed by atoms with Gasteiger partial charge in [0.15, 0.2) is 0 Å². The maximum atomic E-state index is 5.62. The molecule has 1 saturated carbocycles. The third-order valence-corrected chi connectivity index (χ3v) is 4.52. The third-order valence-electron chi connectivity index (χ3n) is 4.52. The number of hydrogen-bond acceptors (Lipinski definition) is 5. The minimum Gasteiger partial charge on any atom is -0.432 e. The normalized spacial score (nSPS) is 21.8. The van der Waals surface area contributed by atoms with Crippen LogP contribution in [0.2, 0.25) is 0 Å². The van der Waals surface area contributed by atoms with Crippen LogP contribution in [0, 0.1) is 0 Å². The lowest BCUT2D eigenvalue weighted by Gasteiger charge is -2.37. The lowest BCUT2D eigenvalue weighted by Crippen LogP contribution is -2.49. The van der Waals surface area contributed by atoms with Gasteiger partial charge in [0, 0.05) is 38.8 Å². The minimum absolute atomic E-state index is 0.794. The van der Waals surface area contributed by atoms with Gasteiger partial charge in [-0.1, -0.05) is 19.8 Å². The molecule has 112 valence electrons. The van der Waals surface area contributed by atoms with Gasteiger partial charge in [0.2, 0.25) is 0 Å². The van der Waals surface area contributed by atoms with Gasteiger partial charge in [-0.2, -0.15) is 4.98 Å². The van der Waals surface area contributed by atoms with Gasteiger partial charge < -0.3 is 14.6 Å². The highest BCUT2D eigenvalue weighted by Crippen LogP contribution is 2.25. The molecule has 2 fully saturated rings. The molecule has 1 N–H and O–H groups in total. The zero-order valence-corrected chi connectivity index (χ0v) is 12.5. The molecule has 0 unspecified atom stereocenters. The summed E-state index contributed by atoms with van der Waals surface area (Å²) in [5, 5.41) is 3.28. The molecule has 0 spiro atoms. The highest BCUT2D eigenvalue weighted by molar-refractivity contribution is 5.28. The molecule has 1 aromatic rings. The lowest BCUT2D eigenvalue weighted by atomic mass is 10.2. The van der Waals surface area contributed by atoms with E-state index in [4.69, 9.17) is 4.42 Å². The van der Waals surface area contributed by atoms with Crippen molar-refractivity contribution in [2.75, 3.05) is 37.6 Å². The average molecular weight is 278 g/mol. The van der Waals surface area contributed by atoms with Gasteiger partial charge in [-0.25, -0.2) is 0 Å². The number of nitrogens with zero attached hydrogens (tertiary/aromatic N) is 3. The van der Waals surface area contributed by atoms with E-state index in [2.05, 4.69) is 27.0 Å². The van der Waals surface area contributed by atoms with Crippen LogP contribution >= 0.6 is 0 Å². The fourth-order valence-corrected chi connectivity index (χ4v) is 3.32. The Morgan fingerprint density at radius 3 is 2.70 bits per heavy atom. The van der Waals surface area contributed by atoms with Crippen molar-refractivity contribution < 1.29 is 4.42 Å². The predicted molar refractivity (Wildman–Crippen MR) is 79.9 cm³/mol. The summed E-state index contributed by atoms with van der Waals surface area (Å²) in [6.45, 7) is 8.23. The highest BCUT2D eigenvalue weighted by Gasteiger charge is 2.27. The van der Waals surface area contributed by atoms with Crippen molar-refractivity contribution in [2.24, 2.45) is 0 Å². The Balaban J connectivity index is 1.51. The van der Waals surface area contributed by atoms with E-state index in [0.29, 0.717) is 0 Å². The molecule has 1 aliphatic carbocycles. The van der Waals surface area contributed by atoms with E-state index in [0.717, 1.165) is 57.0 Å². The average Bonchev–Trinajstić information content (AvgIpc) is 3.17. The van der Waals surface area contributed by atoms with Crippen LogP contribution in [0.4, 0.5) is 6.01 Å². The summed E-state index contributed by atoms with van der Waals surface area (Å²) in [6.07, 6.45) is 7.40. The zero-order chi connectivity index (χ0) is 13.8. The molecule has 0 bridgehead atoms. The second kappa shape index (κ2) is 6.59. The Morgan fingerprint density at radius 1 is 1.25 bits per heavy atom. The summed E-state index contributed by atoms with van der Waals surface area (Å²) in [5.41, 5.74) is 1.00. The van der Waals surface area contributed by atoms with Crippen molar-refractivity contribution in [3.05, 3.63) is 12.0 Å². The summed E-state index contributed by atoms with van der Waals surface area (Å²) in [7, 11) is 0. The van der Waals surface area contributed by atoms with Gasteiger partial charge in [-0.05, 0) is 19.4 Å². The van der Waals surface area contributed by atoms with Crippen LogP contribution in [0.25, 0.3) is 0 Å². The van der Waals surface area contributed by atoms with E-state index in [9.17, 15) is 0 Å². The Morgan fingerprint density at radius 2 is 2.00 bits per heavy atom. The second-order valence-electron chi connectivity index (χ2n) is 5.86. The summed E-state index contributed by atoms with van der Waals surface area (Å²) >= 11 is 0. The van der Waals surface area contributed by atoms with Crippen LogP contribution in [-0.4, -0.2) is 48.6 Å². The van der Waals surface area contributed by atoms with Crippen molar-refractivity contribution in [2.45, 2.75) is 45.2 Å². The molecule has 2 heterocycles. The number of nitrogens with one attached hydrogen (secondary N) is 1. The third kappa shape index (κ3) is 3.15. The van der Waals surface area contributed by atoms with E-state index < -0.39 is 0 Å². The van der Waals surface area contributed by atoms with Crippen molar-refractivity contribution in [1.82, 2.24) is 15.2 Å². The number of anilines is 1. The molecule has 5 heteroatoms. The first-order chi connectivity index (χ1) is 9.86.